The summed E-state index contributed by atoms with van der Waals surface area (Å²) < 4.78 is 18.5. The number of nitrogens with one attached hydrogen (secondary N) is 1. The molecule has 0 fully saturated rings. The van der Waals surface area contributed by atoms with Gasteiger partial charge in [-0.05, 0) is 19.2 Å². The zero-order valence-corrected chi connectivity index (χ0v) is 10.3. The van der Waals surface area contributed by atoms with Gasteiger partial charge in [-0.25, -0.2) is 4.39 Å². The fraction of sp³-hybridized carbons (Fsp3) is 0.417. The highest BCUT2D eigenvalue weighted by Gasteiger charge is 2.16. The summed E-state index contributed by atoms with van der Waals surface area (Å²) in [6.07, 6.45) is 0. The zero-order valence-electron chi connectivity index (χ0n) is 10.3. The molecule has 0 unspecified atom stereocenters. The Kier molecular flexibility index (Phi) is 4.90. The molecule has 0 heterocycles. The average molecular weight is 240 g/mol. The van der Waals surface area contributed by atoms with Gasteiger partial charge in [-0.15, -0.1) is 0 Å². The van der Waals surface area contributed by atoms with Crippen LogP contribution in [0.4, 0.5) is 4.39 Å². The normalized spacial score (nSPS) is 10.1. The molecule has 5 heteroatoms. The van der Waals surface area contributed by atoms with E-state index in [9.17, 15) is 9.18 Å². The molecule has 1 rings (SSSR count). The SMILES string of the molecule is CNCCN(C)C(=O)c1ccc(OC)cc1F. The van der Waals surface area contributed by atoms with Crippen molar-refractivity contribution >= 4 is 5.91 Å². The van der Waals surface area contributed by atoms with Gasteiger partial charge in [0.05, 0.1) is 12.7 Å². The number of hydrogen-bond acceptors (Lipinski definition) is 3. The second-order valence-electron chi connectivity index (χ2n) is 3.68. The number of halogens is 1. The van der Waals surface area contributed by atoms with Gasteiger partial charge in [-0.1, -0.05) is 0 Å². The van der Waals surface area contributed by atoms with E-state index in [0.717, 1.165) is 0 Å². The Hall–Kier alpha value is -1.62. The lowest BCUT2D eigenvalue weighted by atomic mass is 10.2. The number of rotatable bonds is 5. The molecule has 0 bridgehead atoms. The molecule has 0 saturated carbocycles. The molecule has 0 aliphatic heterocycles. The van der Waals surface area contributed by atoms with Crippen molar-refractivity contribution < 1.29 is 13.9 Å². The molecule has 0 spiro atoms. The van der Waals surface area contributed by atoms with Gasteiger partial charge < -0.3 is 15.0 Å². The van der Waals surface area contributed by atoms with E-state index in [4.69, 9.17) is 4.74 Å². The van der Waals surface area contributed by atoms with E-state index >= 15 is 0 Å². The molecule has 1 aromatic rings. The number of benzene rings is 1. The van der Waals surface area contributed by atoms with Gasteiger partial charge in [-0.2, -0.15) is 0 Å². The van der Waals surface area contributed by atoms with Gasteiger partial charge in [0.15, 0.2) is 0 Å². The minimum Gasteiger partial charge on any atom is -0.497 e. The number of nitrogens with zero attached hydrogens (tertiary/aromatic N) is 1. The Morgan fingerprint density at radius 3 is 2.76 bits per heavy atom. The molecule has 0 aliphatic carbocycles. The summed E-state index contributed by atoms with van der Waals surface area (Å²) >= 11 is 0. The highest BCUT2D eigenvalue weighted by atomic mass is 19.1. The van der Waals surface area contributed by atoms with Gasteiger partial charge in [0.1, 0.15) is 11.6 Å². The van der Waals surface area contributed by atoms with Crippen LogP contribution in [0.2, 0.25) is 0 Å². The van der Waals surface area contributed by atoms with E-state index in [1.165, 1.54) is 24.1 Å². The van der Waals surface area contributed by atoms with Crippen LogP contribution in [-0.4, -0.2) is 45.1 Å². The zero-order chi connectivity index (χ0) is 12.8. The lowest BCUT2D eigenvalue weighted by Gasteiger charge is -2.17. The molecule has 0 aromatic heterocycles. The lowest BCUT2D eigenvalue weighted by Crippen LogP contribution is -2.33. The predicted molar refractivity (Wildman–Crippen MR) is 63.8 cm³/mol. The first kappa shape index (κ1) is 13.4. The fourth-order valence-electron chi connectivity index (χ4n) is 1.38. The highest BCUT2D eigenvalue weighted by molar-refractivity contribution is 5.94. The molecule has 0 radical (unpaired) electrons. The molecule has 1 aromatic carbocycles. The van der Waals surface area contributed by atoms with E-state index in [2.05, 4.69) is 5.32 Å². The van der Waals surface area contributed by atoms with Crippen molar-refractivity contribution in [3.63, 3.8) is 0 Å². The van der Waals surface area contributed by atoms with Crippen LogP contribution in [0.25, 0.3) is 0 Å². The molecule has 17 heavy (non-hydrogen) atoms. The molecular weight excluding hydrogens is 223 g/mol. The van der Waals surface area contributed by atoms with E-state index < -0.39 is 5.82 Å². The Balaban J connectivity index is 2.81. The number of methoxy groups -OCH3 is 1. The van der Waals surface area contributed by atoms with Gasteiger partial charge in [0.25, 0.3) is 5.91 Å². The van der Waals surface area contributed by atoms with Crippen LogP contribution in [0, 0.1) is 5.82 Å². The Bertz CT molecular complexity index is 396. The van der Waals surface area contributed by atoms with E-state index in [1.54, 1.807) is 20.2 Å². The Labute approximate surface area is 100 Å². The second kappa shape index (κ2) is 6.20. The number of amides is 1. The number of carbonyl (C=O) groups is 1. The minimum atomic E-state index is -0.564. The number of carbonyl (C=O) groups excluding carboxylic acids is 1. The number of likely N-dealkylation sites (N-methyl/N-ethyl adjacent to an activating group) is 2. The first-order valence-electron chi connectivity index (χ1n) is 5.33. The largest absolute Gasteiger partial charge is 0.497 e. The van der Waals surface area contributed by atoms with Crippen molar-refractivity contribution in [3.8, 4) is 5.75 Å². The molecule has 0 aliphatic rings. The van der Waals surface area contributed by atoms with Crippen molar-refractivity contribution in [2.24, 2.45) is 0 Å². The van der Waals surface area contributed by atoms with Crippen LogP contribution in [0.1, 0.15) is 10.4 Å². The maximum Gasteiger partial charge on any atom is 0.256 e. The smallest absolute Gasteiger partial charge is 0.256 e. The molecule has 1 amide bonds. The Morgan fingerprint density at radius 1 is 1.53 bits per heavy atom. The lowest BCUT2D eigenvalue weighted by molar-refractivity contribution is 0.0792. The maximum atomic E-state index is 13.6. The molecule has 1 N–H and O–H groups in total. The fourth-order valence-corrected chi connectivity index (χ4v) is 1.38. The third kappa shape index (κ3) is 3.42. The van der Waals surface area contributed by atoms with Crippen molar-refractivity contribution in [2.45, 2.75) is 0 Å². The minimum absolute atomic E-state index is 0.0596. The highest BCUT2D eigenvalue weighted by Crippen LogP contribution is 2.17. The van der Waals surface area contributed by atoms with Gasteiger partial charge in [0, 0.05) is 26.2 Å². The van der Waals surface area contributed by atoms with E-state index in [-0.39, 0.29) is 11.5 Å². The van der Waals surface area contributed by atoms with Crippen LogP contribution >= 0.6 is 0 Å². The van der Waals surface area contributed by atoms with Gasteiger partial charge in [0.2, 0.25) is 0 Å². The summed E-state index contributed by atoms with van der Waals surface area (Å²) in [5.74, 6) is -0.497. The summed E-state index contributed by atoms with van der Waals surface area (Å²) in [5.41, 5.74) is 0.0596. The van der Waals surface area contributed by atoms with Crippen molar-refractivity contribution in [3.05, 3.63) is 29.6 Å². The van der Waals surface area contributed by atoms with Crippen LogP contribution < -0.4 is 10.1 Å². The van der Waals surface area contributed by atoms with E-state index in [1.807, 2.05) is 0 Å². The van der Waals surface area contributed by atoms with Crippen LogP contribution in [0.5, 0.6) is 5.75 Å². The standard InChI is InChI=1S/C12H17FN2O2/c1-14-6-7-15(2)12(16)10-5-4-9(17-3)8-11(10)13/h4-5,8,14H,6-7H2,1-3H3. The van der Waals surface area contributed by atoms with Gasteiger partial charge >= 0.3 is 0 Å². The van der Waals surface area contributed by atoms with Crippen LogP contribution in [0.15, 0.2) is 18.2 Å². The van der Waals surface area contributed by atoms with Crippen molar-refractivity contribution in [1.82, 2.24) is 10.2 Å². The maximum absolute atomic E-state index is 13.6. The summed E-state index contributed by atoms with van der Waals surface area (Å²) in [5, 5.41) is 2.93. The monoisotopic (exact) mass is 240 g/mol. The third-order valence-electron chi connectivity index (χ3n) is 2.45. The average Bonchev–Trinajstić information content (AvgIpc) is 2.34. The van der Waals surface area contributed by atoms with Crippen LogP contribution in [0.3, 0.4) is 0 Å². The number of ether oxygens (including phenoxy) is 1. The summed E-state index contributed by atoms with van der Waals surface area (Å²) in [6, 6.07) is 4.22. The first-order chi connectivity index (χ1) is 8.10. The molecular formula is C12H17FN2O2. The molecule has 0 atom stereocenters. The molecule has 0 saturated heterocycles. The topological polar surface area (TPSA) is 41.6 Å². The summed E-state index contributed by atoms with van der Waals surface area (Å²) in [6.45, 7) is 1.20. The third-order valence-corrected chi connectivity index (χ3v) is 2.45. The second-order valence-corrected chi connectivity index (χ2v) is 3.68. The van der Waals surface area contributed by atoms with E-state index in [0.29, 0.717) is 18.8 Å². The Morgan fingerprint density at radius 2 is 2.24 bits per heavy atom. The molecule has 94 valence electrons. The predicted octanol–water partition coefficient (Wildman–Crippen LogP) is 1.13. The van der Waals surface area contributed by atoms with Crippen LogP contribution in [-0.2, 0) is 0 Å². The molecule has 4 nitrogen and oxygen atoms in total. The quantitative estimate of drug-likeness (QED) is 0.838. The van der Waals surface area contributed by atoms with Crippen molar-refractivity contribution in [1.29, 1.82) is 0 Å². The van der Waals surface area contributed by atoms with Gasteiger partial charge in [-0.3, -0.25) is 4.79 Å². The van der Waals surface area contributed by atoms with Crippen molar-refractivity contribution in [2.75, 3.05) is 34.3 Å². The summed E-state index contributed by atoms with van der Waals surface area (Å²) in [4.78, 5) is 13.4. The number of hydrogen-bond donors (Lipinski definition) is 1. The first-order valence-corrected chi connectivity index (χ1v) is 5.33. The summed E-state index contributed by atoms with van der Waals surface area (Å²) in [7, 11) is 4.89.